The number of nitrogens with one attached hydrogen (secondary N) is 1. The minimum Gasteiger partial charge on any atom is -0.463 e. The number of carbonyl (C=O) groups excluding carboxylic acids is 1. The Kier molecular flexibility index (Phi) is 3.86. The molecule has 2 aliphatic heterocycles. The van der Waals surface area contributed by atoms with Crippen LogP contribution in [0.25, 0.3) is 0 Å². The highest BCUT2D eigenvalue weighted by atomic mass is 16.8. The molecule has 0 aromatic carbocycles. The van der Waals surface area contributed by atoms with Crippen LogP contribution >= 0.6 is 0 Å². The largest absolute Gasteiger partial charge is 0.463 e. The molecule has 9 nitrogen and oxygen atoms in total. The van der Waals surface area contributed by atoms with Crippen molar-refractivity contribution in [1.29, 1.82) is 0 Å². The Balaban J connectivity index is 1.90. The maximum Gasteiger partial charge on any atom is 0.330 e. The van der Waals surface area contributed by atoms with E-state index >= 15 is 0 Å². The fourth-order valence-electron chi connectivity index (χ4n) is 2.84. The predicted octanol–water partition coefficient (Wildman–Crippen LogP) is -0.483. The van der Waals surface area contributed by atoms with Crippen molar-refractivity contribution >= 4 is 5.97 Å². The van der Waals surface area contributed by atoms with E-state index in [0.717, 1.165) is 0 Å². The number of hydrogen-bond acceptors (Lipinski definition) is 7. The lowest BCUT2D eigenvalue weighted by Crippen LogP contribution is -2.37. The van der Waals surface area contributed by atoms with Gasteiger partial charge in [0.15, 0.2) is 12.0 Å². The van der Waals surface area contributed by atoms with E-state index in [-0.39, 0.29) is 6.61 Å². The molecule has 3 rings (SSSR count). The second-order valence-corrected chi connectivity index (χ2v) is 5.95. The Bertz CT molecular complexity index is 722. The van der Waals surface area contributed by atoms with Gasteiger partial charge >= 0.3 is 11.7 Å². The first kappa shape index (κ1) is 15.9. The summed E-state index contributed by atoms with van der Waals surface area (Å²) < 4.78 is 23.6. The molecule has 3 heterocycles. The van der Waals surface area contributed by atoms with Gasteiger partial charge in [0.1, 0.15) is 24.9 Å². The van der Waals surface area contributed by atoms with Gasteiger partial charge < -0.3 is 18.9 Å². The number of nitrogens with zero attached hydrogens (tertiary/aromatic N) is 1. The highest BCUT2D eigenvalue weighted by Crippen LogP contribution is 2.42. The maximum atomic E-state index is 12.0. The fourth-order valence-corrected chi connectivity index (χ4v) is 2.84. The van der Waals surface area contributed by atoms with Gasteiger partial charge in [0, 0.05) is 19.2 Å². The van der Waals surface area contributed by atoms with Crippen LogP contribution in [-0.4, -0.2) is 46.2 Å². The number of carbonyl (C=O) groups is 1. The van der Waals surface area contributed by atoms with Crippen LogP contribution < -0.4 is 11.2 Å². The molecule has 1 aromatic rings. The van der Waals surface area contributed by atoms with E-state index < -0.39 is 47.5 Å². The zero-order valence-electron chi connectivity index (χ0n) is 13.0. The molecule has 1 N–H and O–H groups in total. The lowest BCUT2D eigenvalue weighted by Gasteiger charge is -2.24. The fraction of sp³-hybridized carbons (Fsp3) is 0.643. The molecular weight excluding hydrogens is 308 g/mol. The van der Waals surface area contributed by atoms with Crippen LogP contribution in [0.15, 0.2) is 21.9 Å². The third kappa shape index (κ3) is 3.07. The van der Waals surface area contributed by atoms with Crippen LogP contribution in [0.4, 0.5) is 0 Å². The van der Waals surface area contributed by atoms with Crippen molar-refractivity contribution in [3.05, 3.63) is 33.1 Å². The number of ether oxygens (including phenoxy) is 4. The van der Waals surface area contributed by atoms with E-state index in [0.29, 0.717) is 0 Å². The number of hydrogen-bond donors (Lipinski definition) is 1. The molecule has 0 radical (unpaired) electrons. The van der Waals surface area contributed by atoms with Gasteiger partial charge in [0.05, 0.1) is 0 Å². The van der Waals surface area contributed by atoms with Crippen LogP contribution in [0.5, 0.6) is 0 Å². The smallest absolute Gasteiger partial charge is 0.330 e. The summed E-state index contributed by atoms with van der Waals surface area (Å²) in [6.07, 6.45) is -1.07. The lowest BCUT2D eigenvalue weighted by atomic mass is 10.1. The molecule has 2 aliphatic rings. The van der Waals surface area contributed by atoms with Gasteiger partial charge in [-0.1, -0.05) is 0 Å². The number of H-pyrrole nitrogens is 1. The predicted molar refractivity (Wildman–Crippen MR) is 75.7 cm³/mol. The summed E-state index contributed by atoms with van der Waals surface area (Å²) in [5, 5.41) is 0. The normalized spacial score (nSPS) is 31.8. The number of aromatic amines is 1. The first-order valence-electron chi connectivity index (χ1n) is 7.23. The van der Waals surface area contributed by atoms with E-state index in [1.165, 1.54) is 23.8 Å². The summed E-state index contributed by atoms with van der Waals surface area (Å²) in [6.45, 7) is 4.79. The average molecular weight is 326 g/mol. The second kappa shape index (κ2) is 5.59. The molecular formula is C14H18N2O7. The topological polar surface area (TPSA) is 109 Å². The van der Waals surface area contributed by atoms with E-state index in [9.17, 15) is 14.4 Å². The number of esters is 1. The minimum absolute atomic E-state index is 0.00938. The van der Waals surface area contributed by atoms with Crippen molar-refractivity contribution in [3.8, 4) is 0 Å². The van der Waals surface area contributed by atoms with Gasteiger partial charge in [-0.3, -0.25) is 19.1 Å². The second-order valence-electron chi connectivity index (χ2n) is 5.95. The lowest BCUT2D eigenvalue weighted by molar-refractivity contribution is -0.202. The van der Waals surface area contributed by atoms with Gasteiger partial charge in [-0.25, -0.2) is 4.79 Å². The molecule has 0 spiro atoms. The third-order valence-electron chi connectivity index (χ3n) is 3.70. The molecule has 1 aromatic heterocycles. The Labute approximate surface area is 131 Å². The van der Waals surface area contributed by atoms with Crippen LogP contribution in [-0.2, 0) is 23.7 Å². The molecule has 126 valence electrons. The summed E-state index contributed by atoms with van der Waals surface area (Å²) in [5.74, 6) is -1.29. The molecule has 0 aliphatic carbocycles. The number of fused-ring (bicyclic) bond motifs is 1. The molecule has 0 saturated carbocycles. The van der Waals surface area contributed by atoms with E-state index in [2.05, 4.69) is 4.98 Å². The molecule has 0 unspecified atom stereocenters. The zero-order valence-corrected chi connectivity index (χ0v) is 13.0. The molecule has 4 atom stereocenters. The standard InChI is InChI=1S/C14H18N2O7/c1-7(17)20-6-8-10-11(23-14(2,3)22-10)12(21-8)16-5-4-9(18)15-13(16)19/h4-5,8,10-12H,6H2,1-3H3,(H,15,18,19)/t8-,10-,11-,12+/m0/s1. The molecule has 9 heteroatoms. The van der Waals surface area contributed by atoms with Gasteiger partial charge in [-0.15, -0.1) is 0 Å². The average Bonchev–Trinajstić information content (AvgIpc) is 2.90. The van der Waals surface area contributed by atoms with Crippen molar-refractivity contribution in [2.45, 2.75) is 51.1 Å². The number of rotatable bonds is 3. The van der Waals surface area contributed by atoms with Crippen molar-refractivity contribution in [2.75, 3.05) is 6.61 Å². The van der Waals surface area contributed by atoms with Gasteiger partial charge in [-0.05, 0) is 13.8 Å². The van der Waals surface area contributed by atoms with E-state index in [1.807, 2.05) is 0 Å². The van der Waals surface area contributed by atoms with E-state index in [1.54, 1.807) is 13.8 Å². The van der Waals surface area contributed by atoms with E-state index in [4.69, 9.17) is 18.9 Å². The van der Waals surface area contributed by atoms with Gasteiger partial charge in [0.2, 0.25) is 0 Å². The van der Waals surface area contributed by atoms with Crippen LogP contribution in [0.2, 0.25) is 0 Å². The quantitative estimate of drug-likeness (QED) is 0.747. The van der Waals surface area contributed by atoms with Crippen molar-refractivity contribution in [2.24, 2.45) is 0 Å². The highest BCUT2D eigenvalue weighted by molar-refractivity contribution is 5.65. The molecule has 2 saturated heterocycles. The molecule has 0 amide bonds. The van der Waals surface area contributed by atoms with Crippen molar-refractivity contribution in [1.82, 2.24) is 9.55 Å². The third-order valence-corrected chi connectivity index (χ3v) is 3.70. The Morgan fingerprint density at radius 2 is 2.04 bits per heavy atom. The molecule has 23 heavy (non-hydrogen) atoms. The summed E-state index contributed by atoms with van der Waals surface area (Å²) in [4.78, 5) is 36.4. The zero-order chi connectivity index (χ0) is 16.8. The van der Waals surface area contributed by atoms with Crippen molar-refractivity contribution in [3.63, 3.8) is 0 Å². The Morgan fingerprint density at radius 1 is 1.35 bits per heavy atom. The Morgan fingerprint density at radius 3 is 2.70 bits per heavy atom. The highest BCUT2D eigenvalue weighted by Gasteiger charge is 2.56. The Hall–Kier alpha value is -1.97. The van der Waals surface area contributed by atoms with Crippen LogP contribution in [0.1, 0.15) is 27.0 Å². The first-order chi connectivity index (χ1) is 10.8. The van der Waals surface area contributed by atoms with Crippen LogP contribution in [0, 0.1) is 0 Å². The van der Waals surface area contributed by atoms with Gasteiger partial charge in [0.25, 0.3) is 5.56 Å². The van der Waals surface area contributed by atoms with Crippen LogP contribution in [0.3, 0.4) is 0 Å². The number of aromatic nitrogens is 2. The summed E-state index contributed by atoms with van der Waals surface area (Å²) in [5.41, 5.74) is -1.11. The summed E-state index contributed by atoms with van der Waals surface area (Å²) >= 11 is 0. The maximum absolute atomic E-state index is 12.0. The van der Waals surface area contributed by atoms with Crippen molar-refractivity contribution < 1.29 is 23.7 Å². The molecule has 2 fully saturated rings. The monoisotopic (exact) mass is 326 g/mol. The SMILES string of the molecule is CC(=O)OC[C@@H]1O[C@@H](n2ccc(=O)[nH]c2=O)[C@H]2OC(C)(C)O[C@H]21. The summed E-state index contributed by atoms with van der Waals surface area (Å²) in [7, 11) is 0. The first-order valence-corrected chi connectivity index (χ1v) is 7.23. The van der Waals surface area contributed by atoms with Gasteiger partial charge in [-0.2, -0.15) is 0 Å². The minimum atomic E-state index is -0.850. The summed E-state index contributed by atoms with van der Waals surface area (Å²) in [6, 6.07) is 1.22. The molecule has 0 bridgehead atoms.